The van der Waals surface area contributed by atoms with E-state index in [0.717, 1.165) is 25.2 Å². The van der Waals surface area contributed by atoms with E-state index in [-0.39, 0.29) is 17.4 Å². The van der Waals surface area contributed by atoms with Crippen LogP contribution >= 0.6 is 0 Å². The fraction of sp³-hybridized carbons (Fsp3) is 0.933. The number of hydrogen-bond acceptors (Lipinski definition) is 2. The highest BCUT2D eigenvalue weighted by Gasteiger charge is 2.22. The van der Waals surface area contributed by atoms with E-state index in [0.29, 0.717) is 12.5 Å². The van der Waals surface area contributed by atoms with Gasteiger partial charge in [0.1, 0.15) is 0 Å². The molecule has 0 aromatic heterocycles. The van der Waals surface area contributed by atoms with Gasteiger partial charge in [0, 0.05) is 18.5 Å². The monoisotopic (exact) mass is 254 g/mol. The van der Waals surface area contributed by atoms with Crippen LogP contribution in [0.3, 0.4) is 0 Å². The first-order chi connectivity index (χ1) is 8.26. The fourth-order valence-electron chi connectivity index (χ4n) is 2.79. The number of nitrogens with one attached hydrogen (secondary N) is 1. The van der Waals surface area contributed by atoms with Crippen LogP contribution in [0.25, 0.3) is 0 Å². The molecule has 1 amide bonds. The second kappa shape index (κ2) is 6.55. The standard InChI is InChI=1S/C15H30N2O/c1-11-5-7-13(8-6-11)17-14(18)9-12(16)10-15(2,3)4/h11-13H,5-10,16H2,1-4H3,(H,17,18). The summed E-state index contributed by atoms with van der Waals surface area (Å²) in [7, 11) is 0. The molecule has 1 saturated carbocycles. The highest BCUT2D eigenvalue weighted by Crippen LogP contribution is 2.24. The molecule has 0 bridgehead atoms. The molecule has 1 aliphatic rings. The van der Waals surface area contributed by atoms with Crippen LogP contribution in [-0.4, -0.2) is 18.0 Å². The molecule has 0 aliphatic heterocycles. The maximum atomic E-state index is 11.9. The normalized spacial score (nSPS) is 26.7. The van der Waals surface area contributed by atoms with Crippen molar-refractivity contribution >= 4 is 5.91 Å². The Bertz CT molecular complexity index is 262. The van der Waals surface area contributed by atoms with Gasteiger partial charge >= 0.3 is 0 Å². The van der Waals surface area contributed by atoms with E-state index in [2.05, 4.69) is 33.0 Å². The largest absolute Gasteiger partial charge is 0.353 e. The summed E-state index contributed by atoms with van der Waals surface area (Å²) in [5, 5.41) is 3.14. The first-order valence-corrected chi connectivity index (χ1v) is 7.31. The summed E-state index contributed by atoms with van der Waals surface area (Å²) in [4.78, 5) is 11.9. The second-order valence-electron chi connectivity index (χ2n) is 7.25. The quantitative estimate of drug-likeness (QED) is 0.810. The van der Waals surface area contributed by atoms with Crippen LogP contribution in [0.1, 0.15) is 66.2 Å². The van der Waals surface area contributed by atoms with Crippen molar-refractivity contribution in [2.45, 2.75) is 78.3 Å². The highest BCUT2D eigenvalue weighted by atomic mass is 16.1. The molecule has 1 fully saturated rings. The highest BCUT2D eigenvalue weighted by molar-refractivity contribution is 5.76. The Morgan fingerprint density at radius 2 is 1.83 bits per heavy atom. The maximum Gasteiger partial charge on any atom is 0.221 e. The van der Waals surface area contributed by atoms with Crippen LogP contribution in [-0.2, 0) is 4.79 Å². The Kier molecular flexibility index (Phi) is 5.64. The van der Waals surface area contributed by atoms with Gasteiger partial charge in [-0.1, -0.05) is 27.7 Å². The lowest BCUT2D eigenvalue weighted by Gasteiger charge is -2.28. The summed E-state index contributed by atoms with van der Waals surface area (Å²) in [6.45, 7) is 8.77. The van der Waals surface area contributed by atoms with E-state index in [1.807, 2.05) is 0 Å². The van der Waals surface area contributed by atoms with Crippen LogP contribution in [0.4, 0.5) is 0 Å². The number of nitrogens with two attached hydrogens (primary N) is 1. The molecule has 1 unspecified atom stereocenters. The molecule has 0 aromatic carbocycles. The lowest BCUT2D eigenvalue weighted by molar-refractivity contribution is -0.122. The first kappa shape index (κ1) is 15.5. The number of rotatable bonds is 4. The average Bonchev–Trinajstić information content (AvgIpc) is 2.18. The van der Waals surface area contributed by atoms with Gasteiger partial charge in [0.2, 0.25) is 5.91 Å². The zero-order valence-electron chi connectivity index (χ0n) is 12.5. The van der Waals surface area contributed by atoms with Gasteiger partial charge in [-0.05, 0) is 43.4 Å². The Morgan fingerprint density at radius 1 is 1.28 bits per heavy atom. The zero-order chi connectivity index (χ0) is 13.8. The van der Waals surface area contributed by atoms with E-state index < -0.39 is 0 Å². The number of amides is 1. The minimum absolute atomic E-state index is 0.0208. The average molecular weight is 254 g/mol. The van der Waals surface area contributed by atoms with Crippen LogP contribution in [0.2, 0.25) is 0 Å². The van der Waals surface area contributed by atoms with Gasteiger partial charge in [0.25, 0.3) is 0 Å². The van der Waals surface area contributed by atoms with E-state index in [9.17, 15) is 4.79 Å². The summed E-state index contributed by atoms with van der Waals surface area (Å²) < 4.78 is 0. The Balaban J connectivity index is 2.25. The minimum Gasteiger partial charge on any atom is -0.353 e. The smallest absolute Gasteiger partial charge is 0.221 e. The summed E-state index contributed by atoms with van der Waals surface area (Å²) in [6.07, 6.45) is 6.08. The minimum atomic E-state index is -0.0208. The van der Waals surface area contributed by atoms with Gasteiger partial charge in [-0.3, -0.25) is 4.79 Å². The van der Waals surface area contributed by atoms with Crippen molar-refractivity contribution in [2.75, 3.05) is 0 Å². The van der Waals surface area contributed by atoms with Crippen molar-refractivity contribution in [1.82, 2.24) is 5.32 Å². The van der Waals surface area contributed by atoms with Gasteiger partial charge < -0.3 is 11.1 Å². The summed E-state index contributed by atoms with van der Waals surface area (Å²) in [6, 6.07) is 0.364. The molecular formula is C15H30N2O. The molecule has 1 rings (SSSR count). The molecule has 3 nitrogen and oxygen atoms in total. The molecule has 0 spiro atoms. The Morgan fingerprint density at radius 3 is 2.33 bits per heavy atom. The first-order valence-electron chi connectivity index (χ1n) is 7.31. The van der Waals surface area contributed by atoms with Gasteiger partial charge in [0.15, 0.2) is 0 Å². The van der Waals surface area contributed by atoms with Crippen molar-refractivity contribution in [2.24, 2.45) is 17.1 Å². The number of carbonyl (C=O) groups is 1. The summed E-state index contributed by atoms with van der Waals surface area (Å²) in [5.74, 6) is 0.951. The predicted molar refractivity (Wildman–Crippen MR) is 76.2 cm³/mol. The molecular weight excluding hydrogens is 224 g/mol. The van der Waals surface area contributed by atoms with Crippen molar-refractivity contribution in [1.29, 1.82) is 0 Å². The Hall–Kier alpha value is -0.570. The van der Waals surface area contributed by atoms with E-state index in [4.69, 9.17) is 5.73 Å². The Labute approximate surface area is 112 Å². The van der Waals surface area contributed by atoms with Gasteiger partial charge in [-0.2, -0.15) is 0 Å². The van der Waals surface area contributed by atoms with Crippen molar-refractivity contribution in [3.8, 4) is 0 Å². The molecule has 18 heavy (non-hydrogen) atoms. The van der Waals surface area contributed by atoms with Crippen molar-refractivity contribution in [3.63, 3.8) is 0 Å². The van der Waals surface area contributed by atoms with Gasteiger partial charge in [-0.15, -0.1) is 0 Å². The van der Waals surface area contributed by atoms with Gasteiger partial charge in [0.05, 0.1) is 0 Å². The van der Waals surface area contributed by atoms with Crippen LogP contribution in [0, 0.1) is 11.3 Å². The summed E-state index contributed by atoms with van der Waals surface area (Å²) in [5.41, 5.74) is 6.22. The predicted octanol–water partition coefficient (Wildman–Crippen LogP) is 2.83. The molecule has 3 N–H and O–H groups in total. The SMILES string of the molecule is CC1CCC(NC(=O)CC(N)CC(C)(C)C)CC1. The molecule has 0 radical (unpaired) electrons. The topological polar surface area (TPSA) is 55.1 Å². The van der Waals surface area contributed by atoms with Crippen LogP contribution in [0.15, 0.2) is 0 Å². The third kappa shape index (κ3) is 6.39. The lowest BCUT2D eigenvalue weighted by atomic mass is 9.86. The second-order valence-corrected chi connectivity index (χ2v) is 7.25. The third-order valence-electron chi connectivity index (χ3n) is 3.70. The number of hydrogen-bond donors (Lipinski definition) is 2. The molecule has 3 heteroatoms. The van der Waals surface area contributed by atoms with E-state index in [1.165, 1.54) is 12.8 Å². The summed E-state index contributed by atoms with van der Waals surface area (Å²) >= 11 is 0. The van der Waals surface area contributed by atoms with Crippen LogP contribution < -0.4 is 11.1 Å². The third-order valence-corrected chi connectivity index (χ3v) is 3.70. The molecule has 1 atom stereocenters. The van der Waals surface area contributed by atoms with Crippen molar-refractivity contribution < 1.29 is 4.79 Å². The number of carbonyl (C=O) groups excluding carboxylic acids is 1. The van der Waals surface area contributed by atoms with Crippen molar-refractivity contribution in [3.05, 3.63) is 0 Å². The fourth-order valence-corrected chi connectivity index (χ4v) is 2.79. The zero-order valence-corrected chi connectivity index (χ0v) is 12.5. The van der Waals surface area contributed by atoms with E-state index in [1.54, 1.807) is 0 Å². The molecule has 1 aliphatic carbocycles. The lowest BCUT2D eigenvalue weighted by Crippen LogP contribution is -2.40. The maximum absolute atomic E-state index is 11.9. The van der Waals surface area contributed by atoms with Gasteiger partial charge in [-0.25, -0.2) is 0 Å². The molecule has 0 aromatic rings. The van der Waals surface area contributed by atoms with E-state index >= 15 is 0 Å². The molecule has 0 heterocycles. The molecule has 106 valence electrons. The molecule has 0 saturated heterocycles. The van der Waals surface area contributed by atoms with Crippen LogP contribution in [0.5, 0.6) is 0 Å².